The maximum atomic E-state index is 12.3. The van der Waals surface area contributed by atoms with E-state index < -0.39 is 0 Å². The van der Waals surface area contributed by atoms with Crippen LogP contribution < -0.4 is 10.1 Å². The molecule has 3 aromatic rings. The molecule has 0 radical (unpaired) electrons. The zero-order valence-corrected chi connectivity index (χ0v) is 15.5. The van der Waals surface area contributed by atoms with Crippen molar-refractivity contribution in [2.45, 2.75) is 20.8 Å². The van der Waals surface area contributed by atoms with Gasteiger partial charge < -0.3 is 10.1 Å². The number of hydrogen-bond donors (Lipinski definition) is 2. The van der Waals surface area contributed by atoms with Crippen LogP contribution in [0.15, 0.2) is 30.3 Å². The van der Waals surface area contributed by atoms with E-state index in [1.54, 1.807) is 6.07 Å². The van der Waals surface area contributed by atoms with Gasteiger partial charge in [-0.2, -0.15) is 10.2 Å². The van der Waals surface area contributed by atoms with Crippen molar-refractivity contribution in [3.05, 3.63) is 53.0 Å². The molecule has 1 aromatic carbocycles. The second-order valence-electron chi connectivity index (χ2n) is 6.26. The van der Waals surface area contributed by atoms with Crippen LogP contribution in [0.1, 0.15) is 27.4 Å². The lowest BCUT2D eigenvalue weighted by Crippen LogP contribution is -2.28. The van der Waals surface area contributed by atoms with Crippen LogP contribution in [0.3, 0.4) is 0 Å². The Balaban J connectivity index is 1.57. The third-order valence-electron chi connectivity index (χ3n) is 4.23. The van der Waals surface area contributed by atoms with E-state index in [1.807, 2.05) is 56.8 Å². The number of ether oxygens (including phenoxy) is 1. The molecule has 136 valence electrons. The van der Waals surface area contributed by atoms with E-state index in [0.29, 0.717) is 24.5 Å². The molecular weight excluding hydrogens is 330 g/mol. The smallest absolute Gasteiger partial charge is 0.269 e. The Hall–Kier alpha value is -3.09. The van der Waals surface area contributed by atoms with Crippen LogP contribution in [0.25, 0.3) is 11.3 Å². The van der Waals surface area contributed by atoms with Gasteiger partial charge in [-0.1, -0.05) is 12.1 Å². The van der Waals surface area contributed by atoms with Gasteiger partial charge in [-0.3, -0.25) is 14.6 Å². The molecular formula is C19H23N5O2. The summed E-state index contributed by atoms with van der Waals surface area (Å²) < 4.78 is 7.44. The van der Waals surface area contributed by atoms with Gasteiger partial charge in [0.1, 0.15) is 18.1 Å². The second-order valence-corrected chi connectivity index (χ2v) is 6.26. The zero-order chi connectivity index (χ0) is 18.7. The van der Waals surface area contributed by atoms with Gasteiger partial charge in [-0.25, -0.2) is 0 Å². The van der Waals surface area contributed by atoms with Crippen LogP contribution in [0.2, 0.25) is 0 Å². The standard InChI is InChI=1S/C19H23N5O2/c1-12-6-5-7-15(10-12)26-9-8-20-19(25)17-11-16(21-22-17)18-13(2)23-24(4)14(18)3/h5-7,10-11H,8-9H2,1-4H3,(H,20,25)(H,21,22). The summed E-state index contributed by atoms with van der Waals surface area (Å²) in [5.74, 6) is 0.585. The number of aryl methyl sites for hydroxylation is 3. The van der Waals surface area contributed by atoms with Crippen LogP contribution >= 0.6 is 0 Å². The van der Waals surface area contributed by atoms with Gasteiger partial charge in [0.2, 0.25) is 0 Å². The number of aromatic amines is 1. The number of carbonyl (C=O) groups is 1. The van der Waals surface area contributed by atoms with Crippen molar-refractivity contribution in [3.8, 4) is 17.0 Å². The average Bonchev–Trinajstić information content (AvgIpc) is 3.17. The number of nitrogens with zero attached hydrogens (tertiary/aromatic N) is 3. The molecule has 2 N–H and O–H groups in total. The largest absolute Gasteiger partial charge is 0.492 e. The predicted octanol–water partition coefficient (Wildman–Crippen LogP) is 2.54. The van der Waals surface area contributed by atoms with E-state index in [9.17, 15) is 4.79 Å². The molecule has 2 heterocycles. The molecule has 0 spiro atoms. The van der Waals surface area contributed by atoms with Crippen molar-refractivity contribution in [2.75, 3.05) is 13.2 Å². The van der Waals surface area contributed by atoms with Crippen molar-refractivity contribution in [2.24, 2.45) is 7.05 Å². The second kappa shape index (κ2) is 7.43. The van der Waals surface area contributed by atoms with Crippen LogP contribution in [-0.4, -0.2) is 39.0 Å². The molecule has 3 rings (SSSR count). The summed E-state index contributed by atoms with van der Waals surface area (Å²) in [4.78, 5) is 12.3. The molecule has 0 unspecified atom stereocenters. The number of hydrogen-bond acceptors (Lipinski definition) is 4. The van der Waals surface area contributed by atoms with Crippen molar-refractivity contribution < 1.29 is 9.53 Å². The van der Waals surface area contributed by atoms with E-state index in [1.165, 1.54) is 0 Å². The molecule has 0 bridgehead atoms. The number of aromatic nitrogens is 4. The Morgan fingerprint density at radius 3 is 2.77 bits per heavy atom. The van der Waals surface area contributed by atoms with E-state index in [2.05, 4.69) is 20.6 Å². The highest BCUT2D eigenvalue weighted by molar-refractivity contribution is 5.93. The molecule has 0 atom stereocenters. The molecule has 0 saturated heterocycles. The molecule has 26 heavy (non-hydrogen) atoms. The third kappa shape index (κ3) is 3.77. The van der Waals surface area contributed by atoms with Gasteiger partial charge in [0.05, 0.1) is 17.9 Å². The number of H-pyrrole nitrogens is 1. The molecule has 2 aromatic heterocycles. The fraction of sp³-hybridized carbons (Fsp3) is 0.316. The Labute approximate surface area is 152 Å². The van der Waals surface area contributed by atoms with Crippen molar-refractivity contribution in [3.63, 3.8) is 0 Å². The topological polar surface area (TPSA) is 84.8 Å². The minimum atomic E-state index is -0.212. The minimum absolute atomic E-state index is 0.212. The van der Waals surface area contributed by atoms with Gasteiger partial charge in [-0.15, -0.1) is 0 Å². The van der Waals surface area contributed by atoms with Crippen molar-refractivity contribution >= 4 is 5.91 Å². The quantitative estimate of drug-likeness (QED) is 0.667. The molecule has 7 nitrogen and oxygen atoms in total. The maximum Gasteiger partial charge on any atom is 0.269 e. The molecule has 7 heteroatoms. The van der Waals surface area contributed by atoms with Crippen LogP contribution in [0.4, 0.5) is 0 Å². The molecule has 0 fully saturated rings. The SMILES string of the molecule is Cc1cccc(OCCNC(=O)c2cc(-c3c(C)nn(C)c3C)n[nH]2)c1. The van der Waals surface area contributed by atoms with Gasteiger partial charge >= 0.3 is 0 Å². The first-order chi connectivity index (χ1) is 12.5. The summed E-state index contributed by atoms with van der Waals surface area (Å²) in [5.41, 5.74) is 5.11. The van der Waals surface area contributed by atoms with E-state index >= 15 is 0 Å². The van der Waals surface area contributed by atoms with Gasteiger partial charge in [-0.05, 0) is 44.5 Å². The summed E-state index contributed by atoms with van der Waals surface area (Å²) in [6, 6.07) is 9.55. The highest BCUT2D eigenvalue weighted by atomic mass is 16.5. The zero-order valence-electron chi connectivity index (χ0n) is 15.5. The summed E-state index contributed by atoms with van der Waals surface area (Å²) >= 11 is 0. The normalized spacial score (nSPS) is 10.8. The van der Waals surface area contributed by atoms with Gasteiger partial charge in [0.25, 0.3) is 5.91 Å². The molecule has 0 saturated carbocycles. The van der Waals surface area contributed by atoms with Crippen molar-refractivity contribution in [1.82, 2.24) is 25.3 Å². The van der Waals surface area contributed by atoms with Crippen LogP contribution in [0.5, 0.6) is 5.75 Å². The summed E-state index contributed by atoms with van der Waals surface area (Å²) in [6.07, 6.45) is 0. The Kier molecular flexibility index (Phi) is 5.06. The molecule has 0 aliphatic carbocycles. The Morgan fingerprint density at radius 2 is 2.08 bits per heavy atom. The number of carbonyl (C=O) groups excluding carboxylic acids is 1. The van der Waals surface area contributed by atoms with Crippen LogP contribution in [-0.2, 0) is 7.05 Å². The summed E-state index contributed by atoms with van der Waals surface area (Å²) in [6.45, 7) is 6.73. The monoisotopic (exact) mass is 353 g/mol. The minimum Gasteiger partial charge on any atom is -0.492 e. The predicted molar refractivity (Wildman–Crippen MR) is 99.3 cm³/mol. The highest BCUT2D eigenvalue weighted by Crippen LogP contribution is 2.25. The Bertz CT molecular complexity index is 926. The molecule has 1 amide bonds. The number of rotatable bonds is 6. The van der Waals surface area contributed by atoms with Gasteiger partial charge in [0, 0.05) is 18.3 Å². The van der Waals surface area contributed by atoms with Crippen molar-refractivity contribution in [1.29, 1.82) is 0 Å². The van der Waals surface area contributed by atoms with Gasteiger partial charge in [0.15, 0.2) is 0 Å². The lowest BCUT2D eigenvalue weighted by molar-refractivity contribution is 0.0942. The molecule has 0 aliphatic rings. The first-order valence-corrected chi connectivity index (χ1v) is 8.49. The number of benzene rings is 1. The highest BCUT2D eigenvalue weighted by Gasteiger charge is 2.17. The fourth-order valence-electron chi connectivity index (χ4n) is 2.84. The van der Waals surface area contributed by atoms with E-state index in [0.717, 1.165) is 28.3 Å². The van der Waals surface area contributed by atoms with E-state index in [-0.39, 0.29) is 5.91 Å². The lowest BCUT2D eigenvalue weighted by atomic mass is 10.1. The summed E-state index contributed by atoms with van der Waals surface area (Å²) in [5, 5.41) is 14.3. The number of amides is 1. The maximum absolute atomic E-state index is 12.3. The van der Waals surface area contributed by atoms with Crippen LogP contribution in [0, 0.1) is 20.8 Å². The molecule has 0 aliphatic heterocycles. The first-order valence-electron chi connectivity index (χ1n) is 8.49. The number of nitrogens with one attached hydrogen (secondary N) is 2. The van der Waals surface area contributed by atoms with E-state index in [4.69, 9.17) is 4.74 Å². The third-order valence-corrected chi connectivity index (χ3v) is 4.23. The lowest BCUT2D eigenvalue weighted by Gasteiger charge is -2.07. The summed E-state index contributed by atoms with van der Waals surface area (Å²) in [7, 11) is 1.89. The average molecular weight is 353 g/mol. The fourth-order valence-corrected chi connectivity index (χ4v) is 2.84. The first kappa shape index (κ1) is 17.7. The Morgan fingerprint density at radius 1 is 1.27 bits per heavy atom.